The molecule has 1 amide bonds. The first-order chi connectivity index (χ1) is 13.5. The number of aliphatic hydroxyl groups is 1. The Morgan fingerprint density at radius 3 is 2.86 bits per heavy atom. The zero-order chi connectivity index (χ0) is 19.8. The second-order valence-corrected chi connectivity index (χ2v) is 6.96. The molecule has 146 valence electrons. The number of amides is 1. The topological polar surface area (TPSA) is 89.2 Å². The highest BCUT2D eigenvalue weighted by molar-refractivity contribution is 6.46. The average Bonchev–Trinajstić information content (AvgIpc) is 3.38. The third-order valence-corrected chi connectivity index (χ3v) is 5.06. The number of nitrogens with zero attached hydrogens (tertiary/aromatic N) is 1. The van der Waals surface area contributed by atoms with E-state index in [1.165, 1.54) is 18.3 Å². The number of rotatable bonds is 5. The predicted octanol–water partition coefficient (Wildman–Crippen LogP) is 2.67. The SMILES string of the molecule is COCCN1C(=O)C(=O)/C(=C(/O)c2ccc3c(c2)CC(C)O3)C1c1ccco1. The van der Waals surface area contributed by atoms with E-state index in [0.717, 1.165) is 17.7 Å². The molecule has 7 nitrogen and oxygen atoms in total. The van der Waals surface area contributed by atoms with Crippen LogP contribution in [0.25, 0.3) is 5.76 Å². The van der Waals surface area contributed by atoms with E-state index in [-0.39, 0.29) is 30.6 Å². The van der Waals surface area contributed by atoms with Crippen molar-refractivity contribution in [1.29, 1.82) is 0 Å². The Labute approximate surface area is 162 Å². The molecule has 0 aliphatic carbocycles. The Hall–Kier alpha value is -3.06. The Morgan fingerprint density at radius 2 is 2.14 bits per heavy atom. The van der Waals surface area contributed by atoms with Gasteiger partial charge in [0.2, 0.25) is 0 Å². The van der Waals surface area contributed by atoms with Gasteiger partial charge in [-0.15, -0.1) is 0 Å². The molecule has 1 N–H and O–H groups in total. The van der Waals surface area contributed by atoms with Gasteiger partial charge in [-0.2, -0.15) is 0 Å². The summed E-state index contributed by atoms with van der Waals surface area (Å²) in [6, 6.07) is 7.83. The summed E-state index contributed by atoms with van der Waals surface area (Å²) >= 11 is 0. The van der Waals surface area contributed by atoms with Gasteiger partial charge in [-0.3, -0.25) is 9.59 Å². The maximum atomic E-state index is 12.8. The first-order valence-electron chi connectivity index (χ1n) is 9.12. The number of carbonyl (C=O) groups excluding carboxylic acids is 2. The monoisotopic (exact) mass is 383 g/mol. The minimum atomic E-state index is -0.798. The number of hydrogen-bond acceptors (Lipinski definition) is 6. The summed E-state index contributed by atoms with van der Waals surface area (Å²) < 4.78 is 16.2. The van der Waals surface area contributed by atoms with Crippen LogP contribution in [0.1, 0.15) is 29.9 Å². The van der Waals surface area contributed by atoms with E-state index < -0.39 is 17.7 Å². The fourth-order valence-electron chi connectivity index (χ4n) is 3.77. The standard InChI is InChI=1S/C21H21NO6/c1-12-10-14-11-13(5-6-15(14)28-12)19(23)17-18(16-4-3-8-27-16)22(7-9-26-2)21(25)20(17)24/h3-6,8,11-12,18,23H,7,9-10H2,1-2H3/b19-17+. The Balaban J connectivity index is 1.80. The molecule has 1 fully saturated rings. The lowest BCUT2D eigenvalue weighted by Crippen LogP contribution is -2.32. The van der Waals surface area contributed by atoms with Gasteiger partial charge in [-0.05, 0) is 42.8 Å². The third-order valence-electron chi connectivity index (χ3n) is 5.06. The molecule has 1 aromatic carbocycles. The smallest absolute Gasteiger partial charge is 0.295 e. The average molecular weight is 383 g/mol. The number of ketones is 1. The Kier molecular flexibility index (Phi) is 4.68. The summed E-state index contributed by atoms with van der Waals surface area (Å²) in [5, 5.41) is 11.0. The van der Waals surface area contributed by atoms with Crippen molar-refractivity contribution < 1.29 is 28.6 Å². The van der Waals surface area contributed by atoms with Gasteiger partial charge in [0, 0.05) is 25.6 Å². The summed E-state index contributed by atoms with van der Waals surface area (Å²) in [6.07, 6.45) is 2.26. The molecule has 1 aromatic heterocycles. The summed E-state index contributed by atoms with van der Waals surface area (Å²) in [6.45, 7) is 2.44. The molecular formula is C21H21NO6. The second kappa shape index (κ2) is 7.16. The van der Waals surface area contributed by atoms with Crippen molar-refractivity contribution in [3.63, 3.8) is 0 Å². The summed E-state index contributed by atoms with van der Waals surface area (Å²) in [7, 11) is 1.52. The number of likely N-dealkylation sites (tertiary alicyclic amines) is 1. The van der Waals surface area contributed by atoms with Crippen molar-refractivity contribution in [2.75, 3.05) is 20.3 Å². The summed E-state index contributed by atoms with van der Waals surface area (Å²) in [5.41, 5.74) is 1.44. The fourth-order valence-corrected chi connectivity index (χ4v) is 3.77. The largest absolute Gasteiger partial charge is 0.507 e. The molecule has 3 heterocycles. The molecule has 2 aliphatic heterocycles. The maximum absolute atomic E-state index is 12.8. The van der Waals surface area contributed by atoms with Gasteiger partial charge in [-0.25, -0.2) is 0 Å². The minimum absolute atomic E-state index is 0.0166. The van der Waals surface area contributed by atoms with E-state index in [1.54, 1.807) is 30.3 Å². The fraction of sp³-hybridized carbons (Fsp3) is 0.333. The minimum Gasteiger partial charge on any atom is -0.507 e. The molecule has 2 aromatic rings. The van der Waals surface area contributed by atoms with Gasteiger partial charge < -0.3 is 23.9 Å². The predicted molar refractivity (Wildman–Crippen MR) is 99.8 cm³/mol. The normalized spacial score (nSPS) is 23.1. The molecule has 28 heavy (non-hydrogen) atoms. The van der Waals surface area contributed by atoms with E-state index in [2.05, 4.69) is 0 Å². The number of benzene rings is 1. The number of aliphatic hydroxyl groups excluding tert-OH is 1. The quantitative estimate of drug-likeness (QED) is 0.485. The van der Waals surface area contributed by atoms with E-state index in [9.17, 15) is 14.7 Å². The number of ether oxygens (including phenoxy) is 2. The van der Waals surface area contributed by atoms with Crippen LogP contribution in [-0.4, -0.2) is 48.1 Å². The highest BCUT2D eigenvalue weighted by Gasteiger charge is 2.47. The van der Waals surface area contributed by atoms with E-state index in [0.29, 0.717) is 11.3 Å². The third kappa shape index (κ3) is 2.97. The number of carbonyl (C=O) groups is 2. The van der Waals surface area contributed by atoms with Crippen molar-refractivity contribution in [3.05, 3.63) is 59.1 Å². The van der Waals surface area contributed by atoms with Crippen LogP contribution >= 0.6 is 0 Å². The first-order valence-corrected chi connectivity index (χ1v) is 9.12. The van der Waals surface area contributed by atoms with Crippen LogP contribution in [-0.2, 0) is 20.7 Å². The number of hydrogen-bond donors (Lipinski definition) is 1. The Bertz CT molecular complexity index is 946. The van der Waals surface area contributed by atoms with Crippen molar-refractivity contribution in [2.45, 2.75) is 25.5 Å². The van der Waals surface area contributed by atoms with Crippen LogP contribution in [0.3, 0.4) is 0 Å². The summed E-state index contributed by atoms with van der Waals surface area (Å²) in [5.74, 6) is -0.456. The van der Waals surface area contributed by atoms with Crippen molar-refractivity contribution >= 4 is 17.4 Å². The zero-order valence-corrected chi connectivity index (χ0v) is 15.7. The molecule has 2 aliphatic rings. The highest BCUT2D eigenvalue weighted by atomic mass is 16.5. The van der Waals surface area contributed by atoms with Crippen molar-refractivity contribution in [1.82, 2.24) is 4.90 Å². The number of fused-ring (bicyclic) bond motifs is 1. The van der Waals surface area contributed by atoms with E-state index >= 15 is 0 Å². The van der Waals surface area contributed by atoms with Gasteiger partial charge in [0.15, 0.2) is 0 Å². The van der Waals surface area contributed by atoms with E-state index in [4.69, 9.17) is 13.9 Å². The van der Waals surface area contributed by atoms with Crippen LogP contribution in [0.4, 0.5) is 0 Å². The highest BCUT2D eigenvalue weighted by Crippen LogP contribution is 2.40. The zero-order valence-electron chi connectivity index (χ0n) is 15.7. The van der Waals surface area contributed by atoms with Gasteiger partial charge in [0.05, 0.1) is 18.4 Å². The lowest BCUT2D eigenvalue weighted by atomic mass is 9.97. The van der Waals surface area contributed by atoms with Crippen LogP contribution in [0.15, 0.2) is 46.6 Å². The van der Waals surface area contributed by atoms with Crippen LogP contribution in [0, 0.1) is 0 Å². The lowest BCUT2D eigenvalue weighted by Gasteiger charge is -2.22. The van der Waals surface area contributed by atoms with Crippen molar-refractivity contribution in [2.24, 2.45) is 0 Å². The Morgan fingerprint density at radius 1 is 1.32 bits per heavy atom. The molecular weight excluding hydrogens is 362 g/mol. The molecule has 0 radical (unpaired) electrons. The summed E-state index contributed by atoms with van der Waals surface area (Å²) in [4.78, 5) is 26.7. The lowest BCUT2D eigenvalue weighted by molar-refractivity contribution is -0.140. The van der Waals surface area contributed by atoms with Crippen LogP contribution in [0.2, 0.25) is 0 Å². The molecule has 1 saturated heterocycles. The van der Waals surface area contributed by atoms with Crippen LogP contribution < -0.4 is 4.74 Å². The first kappa shape index (κ1) is 18.3. The number of Topliss-reactive ketones (excluding diaryl/α,β-unsaturated/α-hetero) is 1. The number of methoxy groups -OCH3 is 1. The molecule has 0 spiro atoms. The molecule has 7 heteroatoms. The molecule has 2 unspecified atom stereocenters. The van der Waals surface area contributed by atoms with Crippen LogP contribution in [0.5, 0.6) is 5.75 Å². The molecule has 4 rings (SSSR count). The van der Waals surface area contributed by atoms with Gasteiger partial charge in [0.25, 0.3) is 11.7 Å². The van der Waals surface area contributed by atoms with Crippen molar-refractivity contribution in [3.8, 4) is 5.75 Å². The molecule has 0 bridgehead atoms. The van der Waals surface area contributed by atoms with Gasteiger partial charge in [-0.1, -0.05) is 0 Å². The molecule has 0 saturated carbocycles. The maximum Gasteiger partial charge on any atom is 0.295 e. The number of furan rings is 1. The second-order valence-electron chi connectivity index (χ2n) is 6.96. The van der Waals surface area contributed by atoms with Gasteiger partial charge >= 0.3 is 0 Å². The molecule has 2 atom stereocenters. The van der Waals surface area contributed by atoms with Gasteiger partial charge in [0.1, 0.15) is 29.4 Å². The van der Waals surface area contributed by atoms with E-state index in [1.807, 2.05) is 6.92 Å².